The number of methoxy groups -OCH3 is 2. The summed E-state index contributed by atoms with van der Waals surface area (Å²) in [5, 5.41) is 3.88. The number of nitrogens with two attached hydrogens (primary N) is 1. The molecule has 0 saturated carbocycles. The highest BCUT2D eigenvalue weighted by molar-refractivity contribution is 5.68. The lowest BCUT2D eigenvalue weighted by Crippen LogP contribution is -1.97. The molecule has 2 N–H and O–H groups in total. The third kappa shape index (κ3) is 2.14. The zero-order chi connectivity index (χ0) is 13.1. The van der Waals surface area contributed by atoms with Crippen molar-refractivity contribution in [2.24, 2.45) is 5.73 Å². The predicted molar refractivity (Wildman–Crippen MR) is 65.5 cm³/mol. The fourth-order valence-corrected chi connectivity index (χ4v) is 1.74. The van der Waals surface area contributed by atoms with Crippen LogP contribution in [0.1, 0.15) is 11.5 Å². The van der Waals surface area contributed by atoms with Crippen LogP contribution in [0.15, 0.2) is 16.7 Å². The molecule has 6 nitrogen and oxygen atoms in total. The van der Waals surface area contributed by atoms with E-state index < -0.39 is 0 Å². The number of hydrogen-bond acceptors (Lipinski definition) is 6. The van der Waals surface area contributed by atoms with Gasteiger partial charge in [0.05, 0.1) is 26.3 Å². The van der Waals surface area contributed by atoms with E-state index in [9.17, 15) is 0 Å². The van der Waals surface area contributed by atoms with Gasteiger partial charge in [0.15, 0.2) is 0 Å². The van der Waals surface area contributed by atoms with Gasteiger partial charge in [-0.1, -0.05) is 5.16 Å². The van der Waals surface area contributed by atoms with Crippen LogP contribution in [0.3, 0.4) is 0 Å². The Kier molecular flexibility index (Phi) is 3.47. The molecule has 0 radical (unpaired) electrons. The monoisotopic (exact) mass is 249 g/mol. The summed E-state index contributed by atoms with van der Waals surface area (Å²) < 4.78 is 15.6. The van der Waals surface area contributed by atoms with Crippen LogP contribution in [0.2, 0.25) is 0 Å². The maximum absolute atomic E-state index is 5.45. The molecule has 1 aromatic carbocycles. The van der Waals surface area contributed by atoms with Crippen molar-refractivity contribution in [3.63, 3.8) is 0 Å². The second-order valence-corrected chi connectivity index (χ2v) is 3.74. The molecule has 0 saturated heterocycles. The summed E-state index contributed by atoms with van der Waals surface area (Å²) in [5.74, 6) is 2.23. The summed E-state index contributed by atoms with van der Waals surface area (Å²) in [6, 6.07) is 3.68. The molecule has 2 aromatic rings. The minimum absolute atomic E-state index is 0.207. The predicted octanol–water partition coefficient (Wildman–Crippen LogP) is 1.52. The smallest absolute Gasteiger partial charge is 0.240 e. The van der Waals surface area contributed by atoms with Crippen LogP contribution in [-0.2, 0) is 6.54 Å². The van der Waals surface area contributed by atoms with E-state index in [1.54, 1.807) is 20.3 Å². The average Bonchev–Trinajstić information content (AvgIpc) is 2.86. The van der Waals surface area contributed by atoms with Crippen LogP contribution in [-0.4, -0.2) is 24.4 Å². The van der Waals surface area contributed by atoms with Gasteiger partial charge in [0.2, 0.25) is 11.7 Å². The van der Waals surface area contributed by atoms with Crippen molar-refractivity contribution in [3.8, 4) is 22.9 Å². The first-order valence-electron chi connectivity index (χ1n) is 5.45. The van der Waals surface area contributed by atoms with E-state index in [1.165, 1.54) is 0 Å². The summed E-state index contributed by atoms with van der Waals surface area (Å²) in [4.78, 5) is 4.19. The minimum atomic E-state index is 0.207. The molecule has 0 spiro atoms. The standard InChI is InChI=1S/C12H15N3O3/c1-7-4-8(16-2)5-9(11(7)17-3)12-14-10(6-13)18-15-12/h4-5H,6,13H2,1-3H3. The lowest BCUT2D eigenvalue weighted by Gasteiger charge is -2.11. The summed E-state index contributed by atoms with van der Waals surface area (Å²) in [6.45, 7) is 2.13. The number of nitrogens with zero attached hydrogens (tertiary/aromatic N) is 2. The molecule has 1 aromatic heterocycles. The minimum Gasteiger partial charge on any atom is -0.497 e. The van der Waals surface area contributed by atoms with Crippen molar-refractivity contribution < 1.29 is 14.0 Å². The molecule has 2 rings (SSSR count). The first kappa shape index (κ1) is 12.4. The van der Waals surface area contributed by atoms with Crippen LogP contribution in [0.25, 0.3) is 11.4 Å². The summed E-state index contributed by atoms with van der Waals surface area (Å²) in [5.41, 5.74) is 7.10. The molecule has 0 aliphatic heterocycles. The maximum Gasteiger partial charge on any atom is 0.240 e. The molecule has 6 heteroatoms. The van der Waals surface area contributed by atoms with Crippen LogP contribution >= 0.6 is 0 Å². The topological polar surface area (TPSA) is 83.4 Å². The molecule has 0 unspecified atom stereocenters. The van der Waals surface area contributed by atoms with Crippen LogP contribution in [0.4, 0.5) is 0 Å². The second kappa shape index (κ2) is 5.05. The number of aryl methyl sites for hydroxylation is 1. The highest BCUT2D eigenvalue weighted by Crippen LogP contribution is 2.35. The molecule has 0 amide bonds. The van der Waals surface area contributed by atoms with Gasteiger partial charge in [-0.15, -0.1) is 0 Å². The molecular formula is C12H15N3O3. The second-order valence-electron chi connectivity index (χ2n) is 3.74. The van der Waals surface area contributed by atoms with Gasteiger partial charge >= 0.3 is 0 Å². The highest BCUT2D eigenvalue weighted by Gasteiger charge is 2.16. The number of rotatable bonds is 4. The fourth-order valence-electron chi connectivity index (χ4n) is 1.74. The number of hydrogen-bond donors (Lipinski definition) is 1. The number of benzene rings is 1. The Morgan fingerprint density at radius 1 is 1.28 bits per heavy atom. The van der Waals surface area contributed by atoms with Crippen molar-refractivity contribution in [2.75, 3.05) is 14.2 Å². The van der Waals surface area contributed by atoms with Crippen LogP contribution in [0, 0.1) is 6.92 Å². The first-order valence-corrected chi connectivity index (χ1v) is 5.45. The average molecular weight is 249 g/mol. The largest absolute Gasteiger partial charge is 0.497 e. The van der Waals surface area contributed by atoms with E-state index in [1.807, 2.05) is 13.0 Å². The molecule has 0 aliphatic rings. The Bertz CT molecular complexity index is 551. The lowest BCUT2D eigenvalue weighted by molar-refractivity contribution is 0.379. The Labute approximate surface area is 105 Å². The van der Waals surface area contributed by atoms with Gasteiger partial charge < -0.3 is 19.7 Å². The summed E-state index contributed by atoms with van der Waals surface area (Å²) in [7, 11) is 3.20. The van der Waals surface area contributed by atoms with Gasteiger partial charge in [-0.05, 0) is 24.6 Å². The van der Waals surface area contributed by atoms with E-state index in [0.717, 1.165) is 11.1 Å². The van der Waals surface area contributed by atoms with E-state index in [-0.39, 0.29) is 6.54 Å². The third-order valence-electron chi connectivity index (χ3n) is 2.57. The van der Waals surface area contributed by atoms with E-state index >= 15 is 0 Å². The number of aromatic nitrogens is 2. The van der Waals surface area contributed by atoms with Gasteiger partial charge in [0.1, 0.15) is 11.5 Å². The Hall–Kier alpha value is -2.08. The Morgan fingerprint density at radius 2 is 2.06 bits per heavy atom. The lowest BCUT2D eigenvalue weighted by atomic mass is 10.1. The molecule has 0 aliphatic carbocycles. The van der Waals surface area contributed by atoms with Gasteiger partial charge in [-0.25, -0.2) is 0 Å². The molecule has 18 heavy (non-hydrogen) atoms. The first-order chi connectivity index (χ1) is 8.69. The summed E-state index contributed by atoms with van der Waals surface area (Å²) >= 11 is 0. The molecule has 96 valence electrons. The van der Waals surface area contributed by atoms with Crippen molar-refractivity contribution in [1.82, 2.24) is 10.1 Å². The van der Waals surface area contributed by atoms with Crippen LogP contribution < -0.4 is 15.2 Å². The van der Waals surface area contributed by atoms with Crippen molar-refractivity contribution in [1.29, 1.82) is 0 Å². The quantitative estimate of drug-likeness (QED) is 0.884. The molecular weight excluding hydrogens is 234 g/mol. The van der Waals surface area contributed by atoms with Crippen molar-refractivity contribution >= 4 is 0 Å². The molecule has 1 heterocycles. The fraction of sp³-hybridized carbons (Fsp3) is 0.333. The molecule has 0 bridgehead atoms. The molecule has 0 atom stereocenters. The maximum atomic E-state index is 5.45. The number of ether oxygens (including phenoxy) is 2. The highest BCUT2D eigenvalue weighted by atomic mass is 16.5. The third-order valence-corrected chi connectivity index (χ3v) is 2.57. The van der Waals surface area contributed by atoms with Crippen molar-refractivity contribution in [2.45, 2.75) is 13.5 Å². The van der Waals surface area contributed by atoms with E-state index in [2.05, 4.69) is 10.1 Å². The summed E-state index contributed by atoms with van der Waals surface area (Å²) in [6.07, 6.45) is 0. The van der Waals surface area contributed by atoms with Crippen molar-refractivity contribution in [3.05, 3.63) is 23.6 Å². The Morgan fingerprint density at radius 3 is 2.61 bits per heavy atom. The van der Waals surface area contributed by atoms with Gasteiger partial charge in [-0.2, -0.15) is 4.98 Å². The zero-order valence-electron chi connectivity index (χ0n) is 10.6. The Balaban J connectivity index is 2.56. The normalized spacial score (nSPS) is 10.4. The van der Waals surface area contributed by atoms with Gasteiger partial charge in [-0.3, -0.25) is 0 Å². The van der Waals surface area contributed by atoms with Gasteiger partial charge in [0.25, 0.3) is 0 Å². The SMILES string of the molecule is COc1cc(C)c(OC)c(-c2noc(CN)n2)c1. The van der Waals surface area contributed by atoms with E-state index in [0.29, 0.717) is 23.2 Å². The van der Waals surface area contributed by atoms with Gasteiger partial charge in [0, 0.05) is 0 Å². The van der Waals surface area contributed by atoms with E-state index in [4.69, 9.17) is 19.7 Å². The zero-order valence-corrected chi connectivity index (χ0v) is 10.6. The molecule has 0 fully saturated rings. The van der Waals surface area contributed by atoms with Crippen LogP contribution in [0.5, 0.6) is 11.5 Å².